The molecule has 0 radical (unpaired) electrons. The van der Waals surface area contributed by atoms with Crippen LogP contribution >= 0.6 is 0 Å². The minimum absolute atomic E-state index is 0.00422. The van der Waals surface area contributed by atoms with Gasteiger partial charge < -0.3 is 19.9 Å². The summed E-state index contributed by atoms with van der Waals surface area (Å²) in [7, 11) is 1.70. The van der Waals surface area contributed by atoms with Gasteiger partial charge in [-0.2, -0.15) is 0 Å². The number of nitrogens with zero attached hydrogens (tertiary/aromatic N) is 1. The lowest BCUT2D eigenvalue weighted by atomic mass is 10.1. The molecular formula is C17H21N3O3. The summed E-state index contributed by atoms with van der Waals surface area (Å²) < 4.78 is 5.14. The maximum Gasteiger partial charge on any atom is 0.409 e. The van der Waals surface area contributed by atoms with Crippen LogP contribution < -0.4 is 5.32 Å². The molecule has 1 aromatic carbocycles. The summed E-state index contributed by atoms with van der Waals surface area (Å²) in [6.45, 7) is 1.16. The van der Waals surface area contributed by atoms with Crippen LogP contribution in [0.5, 0.6) is 0 Å². The van der Waals surface area contributed by atoms with Gasteiger partial charge >= 0.3 is 6.09 Å². The highest BCUT2D eigenvalue weighted by Crippen LogP contribution is 2.17. The van der Waals surface area contributed by atoms with Gasteiger partial charge in [0.05, 0.1) is 6.54 Å². The Hall–Kier alpha value is -2.50. The van der Waals surface area contributed by atoms with Crippen LogP contribution in [0.15, 0.2) is 30.5 Å². The van der Waals surface area contributed by atoms with Crippen LogP contribution in [-0.2, 0) is 16.0 Å². The molecule has 0 bridgehead atoms. The Morgan fingerprint density at radius 2 is 2.26 bits per heavy atom. The molecule has 6 heteroatoms. The molecule has 3 rings (SSSR count). The highest BCUT2D eigenvalue weighted by molar-refractivity contribution is 5.83. The van der Waals surface area contributed by atoms with Crippen LogP contribution in [0.1, 0.15) is 18.4 Å². The Bertz CT molecular complexity index is 710. The van der Waals surface area contributed by atoms with Gasteiger partial charge in [-0.25, -0.2) is 4.79 Å². The van der Waals surface area contributed by atoms with Gasteiger partial charge in [-0.05, 0) is 24.5 Å². The van der Waals surface area contributed by atoms with E-state index in [1.165, 1.54) is 15.8 Å². The standard InChI is InChI=1S/C17H21N3O3/c1-20-11-13(23-17(20)22)6-7-16(21)18-9-8-12-10-19-15-5-3-2-4-14(12)15/h2-5,10,13,19H,6-9,11H2,1H3,(H,18,21). The monoisotopic (exact) mass is 315 g/mol. The second-order valence-electron chi connectivity index (χ2n) is 5.88. The molecule has 1 unspecified atom stereocenters. The predicted octanol–water partition coefficient (Wildman–Crippen LogP) is 2.06. The molecule has 2 aromatic rings. The number of amides is 2. The minimum Gasteiger partial charge on any atom is -0.444 e. The number of H-pyrrole nitrogens is 1. The second kappa shape index (κ2) is 6.73. The molecule has 6 nitrogen and oxygen atoms in total. The first-order valence-corrected chi connectivity index (χ1v) is 7.87. The summed E-state index contributed by atoms with van der Waals surface area (Å²) >= 11 is 0. The molecule has 2 heterocycles. The van der Waals surface area contributed by atoms with Crippen molar-refractivity contribution in [2.45, 2.75) is 25.4 Å². The summed E-state index contributed by atoms with van der Waals surface area (Å²) in [4.78, 5) is 27.9. The van der Waals surface area contributed by atoms with E-state index in [1.54, 1.807) is 7.05 Å². The molecule has 23 heavy (non-hydrogen) atoms. The van der Waals surface area contributed by atoms with E-state index in [0.717, 1.165) is 11.9 Å². The number of aromatic nitrogens is 1. The van der Waals surface area contributed by atoms with Crippen LogP contribution in [0.2, 0.25) is 0 Å². The molecule has 1 atom stereocenters. The van der Waals surface area contributed by atoms with Gasteiger partial charge in [0.1, 0.15) is 6.10 Å². The lowest BCUT2D eigenvalue weighted by Crippen LogP contribution is -2.27. The molecule has 2 amide bonds. The van der Waals surface area contributed by atoms with E-state index in [2.05, 4.69) is 16.4 Å². The Labute approximate surface area is 134 Å². The first-order chi connectivity index (χ1) is 11.1. The van der Waals surface area contributed by atoms with Crippen LogP contribution in [0.25, 0.3) is 10.9 Å². The van der Waals surface area contributed by atoms with Gasteiger partial charge in [0.15, 0.2) is 0 Å². The summed E-state index contributed by atoms with van der Waals surface area (Å²) in [6.07, 6.45) is 3.23. The number of para-hydroxylation sites is 1. The van der Waals surface area contributed by atoms with Gasteiger partial charge in [0, 0.05) is 37.1 Å². The van der Waals surface area contributed by atoms with Crippen molar-refractivity contribution in [1.29, 1.82) is 0 Å². The average molecular weight is 315 g/mol. The lowest BCUT2D eigenvalue weighted by molar-refractivity contribution is -0.121. The molecule has 0 spiro atoms. The van der Waals surface area contributed by atoms with E-state index < -0.39 is 0 Å². The largest absolute Gasteiger partial charge is 0.444 e. The summed E-state index contributed by atoms with van der Waals surface area (Å²) in [5.41, 5.74) is 2.31. The molecule has 1 fully saturated rings. The van der Waals surface area contributed by atoms with Crippen molar-refractivity contribution in [3.63, 3.8) is 0 Å². The predicted molar refractivity (Wildman–Crippen MR) is 87.1 cm³/mol. The number of rotatable bonds is 6. The highest BCUT2D eigenvalue weighted by atomic mass is 16.6. The zero-order valence-corrected chi connectivity index (χ0v) is 13.2. The third kappa shape index (κ3) is 3.64. The van der Waals surface area contributed by atoms with Crippen molar-refractivity contribution < 1.29 is 14.3 Å². The van der Waals surface area contributed by atoms with Gasteiger partial charge in [-0.1, -0.05) is 18.2 Å². The zero-order valence-electron chi connectivity index (χ0n) is 13.2. The molecule has 0 aliphatic carbocycles. The van der Waals surface area contributed by atoms with E-state index in [-0.39, 0.29) is 18.1 Å². The van der Waals surface area contributed by atoms with Gasteiger partial charge in [-0.15, -0.1) is 0 Å². The van der Waals surface area contributed by atoms with Crippen molar-refractivity contribution >= 4 is 22.9 Å². The van der Waals surface area contributed by atoms with E-state index in [4.69, 9.17) is 4.74 Å². The first-order valence-electron chi connectivity index (χ1n) is 7.87. The molecule has 1 aliphatic rings. The van der Waals surface area contributed by atoms with E-state index >= 15 is 0 Å². The number of carbonyl (C=O) groups excluding carboxylic acids is 2. The van der Waals surface area contributed by atoms with E-state index in [0.29, 0.717) is 25.9 Å². The van der Waals surface area contributed by atoms with Gasteiger partial charge in [-0.3, -0.25) is 4.79 Å². The maximum absolute atomic E-state index is 11.9. The number of likely N-dealkylation sites (N-methyl/N-ethyl adjacent to an activating group) is 1. The smallest absolute Gasteiger partial charge is 0.409 e. The summed E-state index contributed by atoms with van der Waals surface area (Å²) in [6, 6.07) is 8.13. The normalized spacial score (nSPS) is 17.5. The highest BCUT2D eigenvalue weighted by Gasteiger charge is 2.28. The topological polar surface area (TPSA) is 74.4 Å². The first kappa shape index (κ1) is 15.4. The van der Waals surface area contributed by atoms with Crippen LogP contribution in [0.4, 0.5) is 4.79 Å². The molecule has 1 aromatic heterocycles. The van der Waals surface area contributed by atoms with Crippen LogP contribution in [0, 0.1) is 0 Å². The summed E-state index contributed by atoms with van der Waals surface area (Å²) in [5.74, 6) is -0.00422. The lowest BCUT2D eigenvalue weighted by Gasteiger charge is -2.08. The fourth-order valence-corrected chi connectivity index (χ4v) is 2.86. The third-order valence-electron chi connectivity index (χ3n) is 4.14. The van der Waals surface area contributed by atoms with Crippen molar-refractivity contribution in [2.24, 2.45) is 0 Å². The molecule has 0 saturated carbocycles. The van der Waals surface area contributed by atoms with Gasteiger partial charge in [0.25, 0.3) is 0 Å². The van der Waals surface area contributed by atoms with Crippen molar-refractivity contribution in [3.05, 3.63) is 36.0 Å². The maximum atomic E-state index is 11.9. The average Bonchev–Trinajstić information content (AvgIpc) is 3.09. The number of hydrogen-bond donors (Lipinski definition) is 2. The number of carbonyl (C=O) groups is 2. The zero-order chi connectivity index (χ0) is 16.2. The van der Waals surface area contributed by atoms with Crippen molar-refractivity contribution in [3.8, 4) is 0 Å². The van der Waals surface area contributed by atoms with Crippen molar-refractivity contribution in [1.82, 2.24) is 15.2 Å². The van der Waals surface area contributed by atoms with E-state index in [9.17, 15) is 9.59 Å². The fourth-order valence-electron chi connectivity index (χ4n) is 2.86. The Morgan fingerprint density at radius 1 is 1.43 bits per heavy atom. The Balaban J connectivity index is 1.40. The van der Waals surface area contributed by atoms with Crippen LogP contribution in [-0.4, -0.2) is 48.1 Å². The molecule has 1 saturated heterocycles. The quantitative estimate of drug-likeness (QED) is 0.857. The van der Waals surface area contributed by atoms with Crippen LogP contribution in [0.3, 0.4) is 0 Å². The van der Waals surface area contributed by atoms with Crippen molar-refractivity contribution in [2.75, 3.05) is 20.1 Å². The molecular weight excluding hydrogens is 294 g/mol. The summed E-state index contributed by atoms with van der Waals surface area (Å²) in [5, 5.41) is 4.12. The van der Waals surface area contributed by atoms with Gasteiger partial charge in [0.2, 0.25) is 5.91 Å². The number of nitrogens with one attached hydrogen (secondary N) is 2. The number of ether oxygens (including phenoxy) is 1. The molecule has 2 N–H and O–H groups in total. The Morgan fingerprint density at radius 3 is 3.04 bits per heavy atom. The Kier molecular flexibility index (Phi) is 4.50. The molecule has 1 aliphatic heterocycles. The number of hydrogen-bond acceptors (Lipinski definition) is 3. The minimum atomic E-state index is -0.310. The third-order valence-corrected chi connectivity index (χ3v) is 4.14. The van der Waals surface area contributed by atoms with E-state index in [1.807, 2.05) is 24.4 Å². The number of cyclic esters (lactones) is 1. The second-order valence-corrected chi connectivity index (χ2v) is 5.88. The number of fused-ring (bicyclic) bond motifs is 1. The fraction of sp³-hybridized carbons (Fsp3) is 0.412. The molecule has 122 valence electrons. The number of benzene rings is 1. The number of aromatic amines is 1. The SMILES string of the molecule is CN1CC(CCC(=O)NCCc2c[nH]c3ccccc23)OC1=O.